The summed E-state index contributed by atoms with van der Waals surface area (Å²) in [5.74, 6) is 1.68. The van der Waals surface area contributed by atoms with Crippen LogP contribution in [0.5, 0.6) is 5.75 Å². The van der Waals surface area contributed by atoms with Crippen LogP contribution < -0.4 is 15.5 Å². The summed E-state index contributed by atoms with van der Waals surface area (Å²) in [6.07, 6.45) is 6.39. The van der Waals surface area contributed by atoms with Gasteiger partial charge >= 0.3 is 6.09 Å². The third-order valence-corrected chi connectivity index (χ3v) is 11.0. The van der Waals surface area contributed by atoms with E-state index in [4.69, 9.17) is 4.74 Å². The highest BCUT2D eigenvalue weighted by molar-refractivity contribution is 8.00. The number of phenols is 1. The first kappa shape index (κ1) is 35.8. The van der Waals surface area contributed by atoms with Crippen molar-refractivity contribution >= 4 is 47.1 Å². The van der Waals surface area contributed by atoms with Crippen molar-refractivity contribution in [2.24, 2.45) is 5.92 Å². The monoisotopic (exact) mass is 670 g/mol. The highest BCUT2D eigenvalue weighted by Gasteiger charge is 2.39. The standard InChI is InChI=1S/C35H50N4O5S2/c1-35(2,3)44-34(43)39-23-45-22-29(39)33(42)37-28(20-36-32(41)27-13-9-10-14-30(27)40)31(46-21-25-11-7-6-8-12-25)19-24-15-17-26(18-16-24)38(4)5/h9-10,13-18,25,28-29,31,40H,6-8,11-12,19-23H2,1-5H3,(H,36,41)(H,37,42)/t28?,29-,31?/m0/s1. The number of nitrogens with one attached hydrogen (secondary N) is 2. The SMILES string of the molecule is CN(C)c1ccc(CC(SCC2CCCCC2)C(CNC(=O)c2ccccc2O)NC(=O)[C@@H]2CSCN2C(=O)OC(C)(C)C)cc1. The molecule has 0 bridgehead atoms. The zero-order valence-electron chi connectivity index (χ0n) is 27.8. The quantitative estimate of drug-likeness (QED) is 0.256. The Balaban J connectivity index is 1.58. The smallest absolute Gasteiger partial charge is 0.411 e. The molecule has 3 N–H and O–H groups in total. The number of carbonyl (C=O) groups is 3. The summed E-state index contributed by atoms with van der Waals surface area (Å²) < 4.78 is 5.61. The molecule has 2 aromatic rings. The Kier molecular flexibility index (Phi) is 13.0. The molecule has 2 fully saturated rings. The van der Waals surface area contributed by atoms with Crippen molar-refractivity contribution in [2.45, 2.75) is 82.2 Å². The molecule has 252 valence electrons. The molecule has 2 aromatic carbocycles. The van der Waals surface area contributed by atoms with Gasteiger partial charge in [-0.05, 0) is 81.5 Å². The summed E-state index contributed by atoms with van der Waals surface area (Å²) >= 11 is 3.37. The van der Waals surface area contributed by atoms with Crippen molar-refractivity contribution in [3.63, 3.8) is 0 Å². The van der Waals surface area contributed by atoms with E-state index in [1.54, 1.807) is 18.2 Å². The molecule has 3 amide bonds. The molecule has 11 heteroatoms. The number of para-hydroxylation sites is 1. The van der Waals surface area contributed by atoms with Crippen LogP contribution in [0.25, 0.3) is 0 Å². The molecule has 0 radical (unpaired) electrons. The number of aromatic hydroxyl groups is 1. The number of benzene rings is 2. The first-order valence-corrected chi connectivity index (χ1v) is 18.4. The van der Waals surface area contributed by atoms with Crippen molar-refractivity contribution in [3.8, 4) is 5.75 Å². The number of hydrogen-bond acceptors (Lipinski definition) is 8. The fourth-order valence-electron chi connectivity index (χ4n) is 5.77. The molecule has 4 rings (SSSR count). The maximum absolute atomic E-state index is 13.9. The first-order chi connectivity index (χ1) is 21.9. The number of ether oxygens (including phenoxy) is 1. The molecule has 1 aliphatic carbocycles. The van der Waals surface area contributed by atoms with Gasteiger partial charge in [-0.25, -0.2) is 4.79 Å². The van der Waals surface area contributed by atoms with E-state index in [1.807, 2.05) is 46.6 Å². The molecular weight excluding hydrogens is 621 g/mol. The van der Waals surface area contributed by atoms with E-state index in [0.29, 0.717) is 24.0 Å². The van der Waals surface area contributed by atoms with Gasteiger partial charge in [-0.2, -0.15) is 11.8 Å². The maximum Gasteiger partial charge on any atom is 0.411 e. The van der Waals surface area contributed by atoms with Crippen LogP contribution in [0.4, 0.5) is 10.5 Å². The van der Waals surface area contributed by atoms with Gasteiger partial charge in [0.05, 0.1) is 17.5 Å². The third kappa shape index (κ3) is 10.5. The van der Waals surface area contributed by atoms with Crippen LogP contribution in [0.3, 0.4) is 0 Å². The lowest BCUT2D eigenvalue weighted by Gasteiger charge is -2.32. The maximum atomic E-state index is 13.9. The number of anilines is 1. The third-order valence-electron chi connectivity index (χ3n) is 8.38. The van der Waals surface area contributed by atoms with E-state index in [1.165, 1.54) is 54.8 Å². The van der Waals surface area contributed by atoms with E-state index in [-0.39, 0.29) is 29.0 Å². The molecule has 2 unspecified atom stereocenters. The Morgan fingerprint density at radius 1 is 1.07 bits per heavy atom. The first-order valence-electron chi connectivity index (χ1n) is 16.2. The predicted molar refractivity (Wildman–Crippen MR) is 189 cm³/mol. The molecule has 1 saturated heterocycles. The van der Waals surface area contributed by atoms with Crippen molar-refractivity contribution in [1.82, 2.24) is 15.5 Å². The van der Waals surface area contributed by atoms with Gasteiger partial charge in [0.2, 0.25) is 5.91 Å². The minimum absolute atomic E-state index is 0.0511. The van der Waals surface area contributed by atoms with Crippen molar-refractivity contribution in [1.29, 1.82) is 0 Å². The second kappa shape index (κ2) is 16.7. The number of hydrogen-bond donors (Lipinski definition) is 3. The molecular formula is C35H50N4O5S2. The van der Waals surface area contributed by atoms with Gasteiger partial charge in [-0.1, -0.05) is 43.5 Å². The lowest BCUT2D eigenvalue weighted by Crippen LogP contribution is -2.56. The van der Waals surface area contributed by atoms with Crippen molar-refractivity contribution in [2.75, 3.05) is 42.9 Å². The summed E-state index contributed by atoms with van der Waals surface area (Å²) in [7, 11) is 4.02. The Morgan fingerprint density at radius 2 is 1.76 bits per heavy atom. The largest absolute Gasteiger partial charge is 0.507 e. The second-order valence-corrected chi connectivity index (χ2v) is 15.7. The molecule has 0 spiro atoms. The van der Waals surface area contributed by atoms with E-state index < -0.39 is 29.7 Å². The van der Waals surface area contributed by atoms with E-state index in [0.717, 1.165) is 17.0 Å². The van der Waals surface area contributed by atoms with Gasteiger partial charge in [0, 0.05) is 37.3 Å². The Labute approximate surface area is 282 Å². The van der Waals surface area contributed by atoms with Gasteiger partial charge in [-0.3, -0.25) is 14.5 Å². The fraction of sp³-hybridized carbons (Fsp3) is 0.571. The molecule has 9 nitrogen and oxygen atoms in total. The molecule has 2 aliphatic rings. The van der Waals surface area contributed by atoms with Crippen LogP contribution in [0.2, 0.25) is 0 Å². The van der Waals surface area contributed by atoms with Gasteiger partial charge in [0.1, 0.15) is 17.4 Å². The van der Waals surface area contributed by atoms with Crippen molar-refractivity contribution in [3.05, 3.63) is 59.7 Å². The number of carbonyl (C=O) groups excluding carboxylic acids is 3. The number of rotatable bonds is 12. The second-order valence-electron chi connectivity index (χ2n) is 13.4. The molecule has 3 atom stereocenters. The number of nitrogens with zero attached hydrogens (tertiary/aromatic N) is 2. The van der Waals surface area contributed by atoms with Crippen LogP contribution >= 0.6 is 23.5 Å². The predicted octanol–water partition coefficient (Wildman–Crippen LogP) is 5.91. The summed E-state index contributed by atoms with van der Waals surface area (Å²) in [6, 6.07) is 13.8. The lowest BCUT2D eigenvalue weighted by molar-refractivity contribution is -0.125. The van der Waals surface area contributed by atoms with Crippen LogP contribution in [0, 0.1) is 5.92 Å². The molecule has 1 aliphatic heterocycles. The molecule has 0 aromatic heterocycles. The summed E-state index contributed by atoms with van der Waals surface area (Å²) in [5, 5.41) is 16.5. The minimum atomic E-state index is -0.681. The van der Waals surface area contributed by atoms with Crippen molar-refractivity contribution < 1.29 is 24.2 Å². The van der Waals surface area contributed by atoms with Gasteiger partial charge in [0.15, 0.2) is 0 Å². The highest BCUT2D eigenvalue weighted by atomic mass is 32.2. The molecule has 46 heavy (non-hydrogen) atoms. The van der Waals surface area contributed by atoms with Gasteiger partial charge < -0.3 is 25.4 Å². The minimum Gasteiger partial charge on any atom is -0.507 e. The lowest BCUT2D eigenvalue weighted by atomic mass is 9.91. The van der Waals surface area contributed by atoms with Crippen LogP contribution in [0.15, 0.2) is 48.5 Å². The number of amides is 3. The molecule has 1 saturated carbocycles. The topological polar surface area (TPSA) is 111 Å². The number of phenolic OH excluding ortho intramolecular Hbond substituents is 1. The summed E-state index contributed by atoms with van der Waals surface area (Å²) in [6.45, 7) is 5.60. The Hall–Kier alpha value is -3.05. The highest BCUT2D eigenvalue weighted by Crippen LogP contribution is 2.31. The average molecular weight is 671 g/mol. The zero-order valence-corrected chi connectivity index (χ0v) is 29.4. The summed E-state index contributed by atoms with van der Waals surface area (Å²) in [5.41, 5.74) is 1.76. The van der Waals surface area contributed by atoms with Crippen LogP contribution in [0.1, 0.15) is 68.8 Å². The fourth-order valence-corrected chi connectivity index (χ4v) is 8.47. The normalized spacial score (nSPS) is 18.5. The van der Waals surface area contributed by atoms with E-state index >= 15 is 0 Å². The number of thioether (sulfide) groups is 2. The molecule has 1 heterocycles. The van der Waals surface area contributed by atoms with Gasteiger partial charge in [0.25, 0.3) is 5.91 Å². The Morgan fingerprint density at radius 3 is 2.41 bits per heavy atom. The Bertz CT molecular complexity index is 1310. The van der Waals surface area contributed by atoms with E-state index in [2.05, 4.69) is 39.8 Å². The van der Waals surface area contributed by atoms with E-state index in [9.17, 15) is 19.5 Å². The summed E-state index contributed by atoms with van der Waals surface area (Å²) in [4.78, 5) is 43.7. The van der Waals surface area contributed by atoms with Crippen LogP contribution in [-0.2, 0) is 16.0 Å². The van der Waals surface area contributed by atoms with Gasteiger partial charge in [-0.15, -0.1) is 11.8 Å². The van der Waals surface area contributed by atoms with Crippen LogP contribution in [-0.4, -0.2) is 88.9 Å². The average Bonchev–Trinajstić information content (AvgIpc) is 3.52. The zero-order chi connectivity index (χ0) is 33.3.